The van der Waals surface area contributed by atoms with E-state index in [9.17, 15) is 8.78 Å². The first-order valence-corrected chi connectivity index (χ1v) is 9.60. The number of hydrogen-bond acceptors (Lipinski definition) is 6. The second-order valence-electron chi connectivity index (χ2n) is 6.75. The van der Waals surface area contributed by atoms with Crippen molar-refractivity contribution in [3.63, 3.8) is 0 Å². The minimum absolute atomic E-state index is 0.126. The number of benzene rings is 1. The standard InChI is InChI=1S/C17H17F2N7S/c1-25-22-12-7-10(6-11(15(18)19)14(12)23-25)16-24-26-8-13(21-17(26)27-16)9-2-4-20-5-3-9/h6-9,15,20H,2-5H2,1H3. The first-order chi connectivity index (χ1) is 13.1. The van der Waals surface area contributed by atoms with Crippen molar-refractivity contribution in [3.8, 4) is 10.6 Å². The van der Waals surface area contributed by atoms with Gasteiger partial charge in [-0.05, 0) is 38.1 Å². The predicted molar refractivity (Wildman–Crippen MR) is 98.2 cm³/mol. The zero-order valence-corrected chi connectivity index (χ0v) is 15.4. The van der Waals surface area contributed by atoms with Gasteiger partial charge in [0, 0.05) is 24.1 Å². The molecule has 1 saturated heterocycles. The third-order valence-electron chi connectivity index (χ3n) is 4.92. The molecule has 0 atom stereocenters. The highest BCUT2D eigenvalue weighted by molar-refractivity contribution is 7.19. The van der Waals surface area contributed by atoms with Crippen LogP contribution in [0.25, 0.3) is 26.6 Å². The molecular formula is C17H17F2N7S. The van der Waals surface area contributed by atoms with Gasteiger partial charge in [0.15, 0.2) is 0 Å². The minimum Gasteiger partial charge on any atom is -0.317 e. The summed E-state index contributed by atoms with van der Waals surface area (Å²) in [6, 6.07) is 3.20. The molecule has 3 aromatic heterocycles. The molecule has 0 saturated carbocycles. The first kappa shape index (κ1) is 16.7. The molecule has 0 radical (unpaired) electrons. The smallest absolute Gasteiger partial charge is 0.266 e. The SMILES string of the molecule is Cn1nc2cc(-c3nn4cc(C5CCNCC5)nc4s3)cc(C(F)F)c2n1. The number of imidazole rings is 1. The zero-order valence-electron chi connectivity index (χ0n) is 14.6. The number of piperidine rings is 1. The zero-order chi connectivity index (χ0) is 18.5. The van der Waals surface area contributed by atoms with Crippen LogP contribution in [0.1, 0.15) is 36.4 Å². The highest BCUT2D eigenvalue weighted by Gasteiger charge is 2.22. The second kappa shape index (κ2) is 6.31. The van der Waals surface area contributed by atoms with E-state index in [-0.39, 0.29) is 11.1 Å². The summed E-state index contributed by atoms with van der Waals surface area (Å²) in [6.45, 7) is 2.01. The van der Waals surface area contributed by atoms with Crippen LogP contribution >= 0.6 is 11.3 Å². The van der Waals surface area contributed by atoms with E-state index in [0.717, 1.165) is 36.6 Å². The summed E-state index contributed by atoms with van der Waals surface area (Å²) in [4.78, 5) is 6.80. The van der Waals surface area contributed by atoms with E-state index in [1.165, 1.54) is 22.2 Å². The second-order valence-corrected chi connectivity index (χ2v) is 7.70. The molecule has 1 N–H and O–H groups in total. The molecule has 140 valence electrons. The fourth-order valence-corrected chi connectivity index (χ4v) is 4.46. The van der Waals surface area contributed by atoms with Crippen molar-refractivity contribution in [3.05, 3.63) is 29.6 Å². The van der Waals surface area contributed by atoms with Gasteiger partial charge in [0.05, 0.1) is 11.9 Å². The molecule has 0 spiro atoms. The number of nitrogens with zero attached hydrogens (tertiary/aromatic N) is 6. The Hall–Kier alpha value is -2.46. The van der Waals surface area contributed by atoms with Crippen molar-refractivity contribution in [2.75, 3.05) is 13.1 Å². The van der Waals surface area contributed by atoms with E-state index in [4.69, 9.17) is 4.98 Å². The minimum atomic E-state index is -2.63. The summed E-state index contributed by atoms with van der Waals surface area (Å²) in [5, 5.41) is 16.8. The summed E-state index contributed by atoms with van der Waals surface area (Å²) in [7, 11) is 1.62. The van der Waals surface area contributed by atoms with E-state index >= 15 is 0 Å². The van der Waals surface area contributed by atoms with Gasteiger partial charge in [0.1, 0.15) is 16.0 Å². The van der Waals surface area contributed by atoms with E-state index in [1.807, 2.05) is 6.20 Å². The molecule has 4 aromatic rings. The monoisotopic (exact) mass is 389 g/mol. The summed E-state index contributed by atoms with van der Waals surface area (Å²) in [5.74, 6) is 0.449. The van der Waals surface area contributed by atoms with Crippen molar-refractivity contribution in [1.82, 2.24) is 34.9 Å². The molecule has 0 amide bonds. The maximum Gasteiger partial charge on any atom is 0.266 e. The van der Waals surface area contributed by atoms with Crippen LogP contribution in [0.4, 0.5) is 8.78 Å². The molecule has 0 unspecified atom stereocenters. The van der Waals surface area contributed by atoms with Crippen molar-refractivity contribution in [2.45, 2.75) is 25.2 Å². The van der Waals surface area contributed by atoms with Gasteiger partial charge < -0.3 is 5.32 Å². The van der Waals surface area contributed by atoms with Gasteiger partial charge in [0.2, 0.25) is 4.96 Å². The number of alkyl halides is 2. The van der Waals surface area contributed by atoms with E-state index in [0.29, 0.717) is 22.0 Å². The number of halogens is 2. The highest BCUT2D eigenvalue weighted by atomic mass is 32.1. The molecule has 0 bridgehead atoms. The molecule has 1 aliphatic rings. The molecule has 1 aliphatic heterocycles. The fraction of sp³-hybridized carbons (Fsp3) is 0.412. The number of aromatic nitrogens is 6. The summed E-state index contributed by atoms with van der Waals surface area (Å²) in [5.41, 5.74) is 2.20. The fourth-order valence-electron chi connectivity index (χ4n) is 3.59. The molecule has 0 aliphatic carbocycles. The number of aryl methyl sites for hydroxylation is 1. The van der Waals surface area contributed by atoms with E-state index in [1.54, 1.807) is 17.6 Å². The highest BCUT2D eigenvalue weighted by Crippen LogP contribution is 2.34. The van der Waals surface area contributed by atoms with Gasteiger partial charge in [-0.1, -0.05) is 11.3 Å². The lowest BCUT2D eigenvalue weighted by atomic mass is 9.95. The van der Waals surface area contributed by atoms with Crippen molar-refractivity contribution in [2.24, 2.45) is 7.05 Å². The van der Waals surface area contributed by atoms with Crippen molar-refractivity contribution in [1.29, 1.82) is 0 Å². The Morgan fingerprint density at radius 3 is 2.74 bits per heavy atom. The lowest BCUT2D eigenvalue weighted by molar-refractivity contribution is 0.153. The number of fused-ring (bicyclic) bond motifs is 2. The molecule has 1 aromatic carbocycles. The van der Waals surface area contributed by atoms with Gasteiger partial charge in [-0.25, -0.2) is 18.3 Å². The van der Waals surface area contributed by atoms with Crippen LogP contribution < -0.4 is 5.32 Å². The number of nitrogens with one attached hydrogen (secondary N) is 1. The van der Waals surface area contributed by atoms with Gasteiger partial charge in [-0.15, -0.1) is 0 Å². The largest absolute Gasteiger partial charge is 0.317 e. The molecular weight excluding hydrogens is 372 g/mol. The third-order valence-corrected chi connectivity index (χ3v) is 5.89. The van der Waals surface area contributed by atoms with Crippen LogP contribution in [0.3, 0.4) is 0 Å². The Morgan fingerprint density at radius 2 is 2.00 bits per heavy atom. The maximum atomic E-state index is 13.5. The Kier molecular flexibility index (Phi) is 3.90. The average molecular weight is 389 g/mol. The van der Waals surface area contributed by atoms with Crippen LogP contribution in [0.15, 0.2) is 18.3 Å². The third kappa shape index (κ3) is 2.88. The Bertz CT molecular complexity index is 1090. The Labute approximate surface area is 157 Å². The predicted octanol–water partition coefficient (Wildman–Crippen LogP) is 3.14. The van der Waals surface area contributed by atoms with E-state index < -0.39 is 6.43 Å². The average Bonchev–Trinajstić information content (AvgIpc) is 3.32. The molecule has 27 heavy (non-hydrogen) atoms. The molecule has 1 fully saturated rings. The molecule has 5 rings (SSSR count). The van der Waals surface area contributed by atoms with Crippen LogP contribution in [-0.4, -0.2) is 42.7 Å². The molecule has 10 heteroatoms. The van der Waals surface area contributed by atoms with Crippen LogP contribution in [-0.2, 0) is 7.05 Å². The molecule has 4 heterocycles. The van der Waals surface area contributed by atoms with Gasteiger partial charge in [-0.2, -0.15) is 20.1 Å². The van der Waals surface area contributed by atoms with Crippen molar-refractivity contribution >= 4 is 27.3 Å². The summed E-state index contributed by atoms with van der Waals surface area (Å²) < 4.78 is 28.7. The van der Waals surface area contributed by atoms with Crippen LogP contribution in [0.5, 0.6) is 0 Å². The number of rotatable bonds is 3. The van der Waals surface area contributed by atoms with Crippen molar-refractivity contribution < 1.29 is 8.78 Å². The molecule has 7 nitrogen and oxygen atoms in total. The normalized spacial score (nSPS) is 16.1. The quantitative estimate of drug-likeness (QED) is 0.583. The topological polar surface area (TPSA) is 72.9 Å². The summed E-state index contributed by atoms with van der Waals surface area (Å²) >= 11 is 1.40. The summed E-state index contributed by atoms with van der Waals surface area (Å²) in [6.07, 6.45) is 1.47. The van der Waals surface area contributed by atoms with Gasteiger partial charge >= 0.3 is 0 Å². The van der Waals surface area contributed by atoms with Crippen LogP contribution in [0.2, 0.25) is 0 Å². The van der Waals surface area contributed by atoms with Gasteiger partial charge in [0.25, 0.3) is 6.43 Å². The van der Waals surface area contributed by atoms with Gasteiger partial charge in [-0.3, -0.25) is 0 Å². The first-order valence-electron chi connectivity index (χ1n) is 8.79. The lowest BCUT2D eigenvalue weighted by Gasteiger charge is -2.20. The Morgan fingerprint density at radius 1 is 1.19 bits per heavy atom. The maximum absolute atomic E-state index is 13.5. The lowest BCUT2D eigenvalue weighted by Crippen LogP contribution is -2.26. The Balaban J connectivity index is 1.55. The van der Waals surface area contributed by atoms with Crippen LogP contribution in [0, 0.1) is 0 Å². The van der Waals surface area contributed by atoms with E-state index in [2.05, 4.69) is 20.6 Å². The number of hydrogen-bond donors (Lipinski definition) is 1.